The number of nitrogens with zero attached hydrogens (tertiary/aromatic N) is 2. The standard InChI is InChI=1S/C24H26ClN3O4S/c1-30-22-14-17(6-7-21(22)32-15-18-4-2-3-5-19(18)25)24-27-20(16-33-24)23(29)26-8-9-28-10-12-31-13-11-28/h2-7,14,16H,8-13,15H2,1H3,(H,26,29). The van der Waals surface area contributed by atoms with Gasteiger partial charge in [0.25, 0.3) is 5.91 Å². The van der Waals surface area contributed by atoms with Crippen LogP contribution in [0.1, 0.15) is 16.1 Å². The van der Waals surface area contributed by atoms with E-state index in [2.05, 4.69) is 15.2 Å². The highest BCUT2D eigenvalue weighted by molar-refractivity contribution is 7.13. The van der Waals surface area contributed by atoms with Gasteiger partial charge in [-0.15, -0.1) is 11.3 Å². The molecule has 1 fully saturated rings. The number of hydrogen-bond donors (Lipinski definition) is 1. The summed E-state index contributed by atoms with van der Waals surface area (Å²) in [5.74, 6) is 1.03. The van der Waals surface area contributed by atoms with E-state index in [1.54, 1.807) is 12.5 Å². The van der Waals surface area contributed by atoms with Crippen molar-refractivity contribution < 1.29 is 19.0 Å². The number of hydrogen-bond acceptors (Lipinski definition) is 7. The van der Waals surface area contributed by atoms with Gasteiger partial charge in [-0.2, -0.15) is 0 Å². The quantitative estimate of drug-likeness (QED) is 0.489. The van der Waals surface area contributed by atoms with Gasteiger partial charge in [-0.3, -0.25) is 9.69 Å². The molecule has 0 aliphatic carbocycles. The minimum absolute atomic E-state index is 0.169. The van der Waals surface area contributed by atoms with Crippen molar-refractivity contribution in [2.75, 3.05) is 46.5 Å². The van der Waals surface area contributed by atoms with E-state index in [0.717, 1.165) is 49.0 Å². The number of methoxy groups -OCH3 is 1. The number of amides is 1. The SMILES string of the molecule is COc1cc(-c2nc(C(=O)NCCN3CCOCC3)cs2)ccc1OCc1ccccc1Cl. The Kier molecular flexibility index (Phi) is 8.17. The molecule has 0 bridgehead atoms. The number of carbonyl (C=O) groups excluding carboxylic acids is 1. The van der Waals surface area contributed by atoms with Gasteiger partial charge in [-0.05, 0) is 24.3 Å². The van der Waals surface area contributed by atoms with Crippen LogP contribution in [-0.4, -0.2) is 62.3 Å². The van der Waals surface area contributed by atoms with E-state index in [1.165, 1.54) is 11.3 Å². The second-order valence-electron chi connectivity index (χ2n) is 7.49. The van der Waals surface area contributed by atoms with E-state index >= 15 is 0 Å². The summed E-state index contributed by atoms with van der Waals surface area (Å²) >= 11 is 7.63. The molecule has 1 saturated heterocycles. The summed E-state index contributed by atoms with van der Waals surface area (Å²) in [6.45, 7) is 5.01. The summed E-state index contributed by atoms with van der Waals surface area (Å²) in [6.07, 6.45) is 0. The first-order valence-corrected chi connectivity index (χ1v) is 12.0. The van der Waals surface area contributed by atoms with Crippen LogP contribution < -0.4 is 14.8 Å². The normalized spacial score (nSPS) is 14.1. The molecule has 9 heteroatoms. The number of benzene rings is 2. The number of aromatic nitrogens is 1. The number of ether oxygens (including phenoxy) is 3. The average Bonchev–Trinajstić information content (AvgIpc) is 3.35. The topological polar surface area (TPSA) is 72.9 Å². The van der Waals surface area contributed by atoms with Crippen molar-refractivity contribution in [2.45, 2.75) is 6.61 Å². The fourth-order valence-corrected chi connectivity index (χ4v) is 4.43. The van der Waals surface area contributed by atoms with E-state index in [-0.39, 0.29) is 5.91 Å². The highest BCUT2D eigenvalue weighted by Gasteiger charge is 2.15. The zero-order chi connectivity index (χ0) is 23.0. The molecule has 1 aliphatic heterocycles. The van der Waals surface area contributed by atoms with Crippen LogP contribution in [-0.2, 0) is 11.3 Å². The van der Waals surface area contributed by atoms with Crippen LogP contribution >= 0.6 is 22.9 Å². The molecule has 4 rings (SSSR count). The molecule has 1 aliphatic rings. The third-order valence-electron chi connectivity index (χ3n) is 5.31. The summed E-state index contributed by atoms with van der Waals surface area (Å²) in [7, 11) is 1.59. The second kappa shape index (κ2) is 11.5. The van der Waals surface area contributed by atoms with Gasteiger partial charge < -0.3 is 19.5 Å². The van der Waals surface area contributed by atoms with Gasteiger partial charge >= 0.3 is 0 Å². The third-order valence-corrected chi connectivity index (χ3v) is 6.57. The van der Waals surface area contributed by atoms with Crippen LogP contribution in [0.3, 0.4) is 0 Å². The van der Waals surface area contributed by atoms with Crippen molar-refractivity contribution in [1.82, 2.24) is 15.2 Å². The lowest BCUT2D eigenvalue weighted by atomic mass is 10.2. The Labute approximate surface area is 202 Å². The monoisotopic (exact) mass is 487 g/mol. The number of nitrogens with one attached hydrogen (secondary N) is 1. The second-order valence-corrected chi connectivity index (χ2v) is 8.76. The van der Waals surface area contributed by atoms with E-state index in [0.29, 0.717) is 35.4 Å². The maximum atomic E-state index is 12.5. The van der Waals surface area contributed by atoms with Gasteiger partial charge in [0.1, 0.15) is 17.3 Å². The molecular weight excluding hydrogens is 462 g/mol. The number of halogens is 1. The van der Waals surface area contributed by atoms with Crippen molar-refractivity contribution in [3.05, 3.63) is 64.1 Å². The van der Waals surface area contributed by atoms with Crippen molar-refractivity contribution in [3.8, 4) is 22.1 Å². The fraction of sp³-hybridized carbons (Fsp3) is 0.333. The third kappa shape index (κ3) is 6.23. The Morgan fingerprint density at radius 1 is 1.21 bits per heavy atom. The Morgan fingerprint density at radius 3 is 2.82 bits per heavy atom. The van der Waals surface area contributed by atoms with E-state index in [4.69, 9.17) is 25.8 Å². The van der Waals surface area contributed by atoms with E-state index in [1.807, 2.05) is 42.5 Å². The molecule has 0 radical (unpaired) electrons. The molecular formula is C24H26ClN3O4S. The fourth-order valence-electron chi connectivity index (χ4n) is 3.44. The summed E-state index contributed by atoms with van der Waals surface area (Å²) in [6, 6.07) is 13.2. The van der Waals surface area contributed by atoms with Crippen LogP contribution in [0.4, 0.5) is 0 Å². The Bertz CT molecular complexity index is 1090. The molecule has 1 N–H and O–H groups in total. The van der Waals surface area contributed by atoms with Crippen LogP contribution in [0.15, 0.2) is 47.8 Å². The zero-order valence-corrected chi connectivity index (χ0v) is 20.0. The van der Waals surface area contributed by atoms with Crippen molar-refractivity contribution in [3.63, 3.8) is 0 Å². The van der Waals surface area contributed by atoms with E-state index in [9.17, 15) is 4.79 Å². The van der Waals surface area contributed by atoms with Gasteiger partial charge in [-0.25, -0.2) is 4.98 Å². The van der Waals surface area contributed by atoms with Gasteiger partial charge in [0, 0.05) is 47.7 Å². The lowest BCUT2D eigenvalue weighted by molar-refractivity contribution is 0.0383. The summed E-state index contributed by atoms with van der Waals surface area (Å²) < 4.78 is 16.8. The van der Waals surface area contributed by atoms with E-state index < -0.39 is 0 Å². The Morgan fingerprint density at radius 2 is 2.03 bits per heavy atom. The van der Waals surface area contributed by atoms with Crippen molar-refractivity contribution in [2.24, 2.45) is 0 Å². The first-order valence-electron chi connectivity index (χ1n) is 10.7. The number of thiazole rings is 1. The first kappa shape index (κ1) is 23.5. The predicted octanol–water partition coefficient (Wildman–Crippen LogP) is 4.11. The zero-order valence-electron chi connectivity index (χ0n) is 18.4. The summed E-state index contributed by atoms with van der Waals surface area (Å²) in [5, 5.41) is 6.12. The highest BCUT2D eigenvalue weighted by atomic mass is 35.5. The Balaban J connectivity index is 1.36. The van der Waals surface area contributed by atoms with Gasteiger partial charge in [0.15, 0.2) is 11.5 Å². The molecule has 1 amide bonds. The summed E-state index contributed by atoms with van der Waals surface area (Å²) in [4.78, 5) is 19.3. The number of morpholine rings is 1. The molecule has 2 heterocycles. The molecule has 2 aromatic carbocycles. The lowest BCUT2D eigenvalue weighted by Gasteiger charge is -2.26. The number of rotatable bonds is 9. The molecule has 3 aromatic rings. The lowest BCUT2D eigenvalue weighted by Crippen LogP contribution is -2.41. The van der Waals surface area contributed by atoms with Crippen molar-refractivity contribution >= 4 is 28.8 Å². The molecule has 7 nitrogen and oxygen atoms in total. The maximum absolute atomic E-state index is 12.5. The molecule has 1 aromatic heterocycles. The maximum Gasteiger partial charge on any atom is 0.270 e. The molecule has 174 valence electrons. The minimum Gasteiger partial charge on any atom is -0.493 e. The smallest absolute Gasteiger partial charge is 0.270 e. The van der Waals surface area contributed by atoms with Gasteiger partial charge in [-0.1, -0.05) is 29.8 Å². The first-order chi connectivity index (χ1) is 16.1. The van der Waals surface area contributed by atoms with Crippen LogP contribution in [0.5, 0.6) is 11.5 Å². The Hall–Kier alpha value is -2.65. The van der Waals surface area contributed by atoms with Crippen LogP contribution in [0.25, 0.3) is 10.6 Å². The van der Waals surface area contributed by atoms with Gasteiger partial charge in [0.2, 0.25) is 0 Å². The van der Waals surface area contributed by atoms with Crippen LogP contribution in [0.2, 0.25) is 5.02 Å². The minimum atomic E-state index is -0.169. The largest absolute Gasteiger partial charge is 0.493 e. The van der Waals surface area contributed by atoms with Gasteiger partial charge in [0.05, 0.1) is 20.3 Å². The molecule has 33 heavy (non-hydrogen) atoms. The molecule has 0 saturated carbocycles. The average molecular weight is 488 g/mol. The highest BCUT2D eigenvalue weighted by Crippen LogP contribution is 2.34. The molecule has 0 unspecified atom stereocenters. The summed E-state index contributed by atoms with van der Waals surface area (Å²) in [5.41, 5.74) is 2.17. The molecule has 0 spiro atoms. The predicted molar refractivity (Wildman–Crippen MR) is 129 cm³/mol. The van der Waals surface area contributed by atoms with Crippen LogP contribution in [0, 0.1) is 0 Å². The number of carbonyl (C=O) groups is 1. The van der Waals surface area contributed by atoms with Crippen molar-refractivity contribution in [1.29, 1.82) is 0 Å². The molecule has 0 atom stereocenters.